The van der Waals surface area contributed by atoms with E-state index in [1.165, 1.54) is 23.9 Å². The Morgan fingerprint density at radius 2 is 1.86 bits per heavy atom. The number of nitrogens with one attached hydrogen (secondary N) is 1. The molecule has 8 heteroatoms. The number of nitro benzene ring substituents is 1. The van der Waals surface area contributed by atoms with Gasteiger partial charge in [-0.3, -0.25) is 14.9 Å². The van der Waals surface area contributed by atoms with Crippen LogP contribution >= 0.6 is 11.8 Å². The Bertz CT molecular complexity index is 828. The number of nitrogens with zero attached hydrogens (tertiary/aromatic N) is 1. The molecule has 0 bridgehead atoms. The molecule has 0 aromatic heterocycles. The van der Waals surface area contributed by atoms with Crippen molar-refractivity contribution >= 4 is 29.0 Å². The topological polar surface area (TPSA) is 90.7 Å². The molecule has 0 saturated heterocycles. The largest absolute Gasteiger partial charge is 0.490 e. The second-order valence-electron chi connectivity index (χ2n) is 5.88. The van der Waals surface area contributed by atoms with E-state index in [0.29, 0.717) is 30.4 Å². The molecular formula is C20H24N2O5S. The molecule has 0 unspecified atom stereocenters. The van der Waals surface area contributed by atoms with Gasteiger partial charge in [-0.1, -0.05) is 12.1 Å². The lowest BCUT2D eigenvalue weighted by Gasteiger charge is -2.14. The summed E-state index contributed by atoms with van der Waals surface area (Å²) in [6.45, 7) is 6.71. The zero-order valence-electron chi connectivity index (χ0n) is 16.1. The first-order chi connectivity index (χ1) is 13.4. The molecule has 0 spiro atoms. The van der Waals surface area contributed by atoms with E-state index in [1.54, 1.807) is 24.3 Å². The van der Waals surface area contributed by atoms with Crippen molar-refractivity contribution < 1.29 is 19.2 Å². The Balaban J connectivity index is 1.95. The minimum atomic E-state index is -0.421. The standard InChI is InChI=1S/C20H24N2O5S/c1-4-26-18-10-9-16(12-19(18)27-5-2)21-20(23)13-28-14(3)15-7-6-8-17(11-15)22(24)25/h6-12,14H,4-5,13H2,1-3H3,(H,21,23)/t14-/m1/s1. The number of thioether (sulfide) groups is 1. The third-order valence-electron chi connectivity index (χ3n) is 3.84. The molecule has 1 amide bonds. The molecule has 7 nitrogen and oxygen atoms in total. The summed E-state index contributed by atoms with van der Waals surface area (Å²) in [5.74, 6) is 1.28. The van der Waals surface area contributed by atoms with Crippen LogP contribution in [0, 0.1) is 10.1 Å². The van der Waals surface area contributed by atoms with Crippen LogP contribution in [-0.4, -0.2) is 29.8 Å². The average molecular weight is 404 g/mol. The number of hydrogen-bond acceptors (Lipinski definition) is 6. The molecule has 2 rings (SSSR count). The van der Waals surface area contributed by atoms with Crippen LogP contribution in [0.5, 0.6) is 11.5 Å². The number of rotatable bonds is 10. The third-order valence-corrected chi connectivity index (χ3v) is 5.04. The predicted molar refractivity (Wildman–Crippen MR) is 111 cm³/mol. The number of hydrogen-bond donors (Lipinski definition) is 1. The zero-order chi connectivity index (χ0) is 20.5. The number of ether oxygens (including phenoxy) is 2. The Morgan fingerprint density at radius 3 is 2.54 bits per heavy atom. The van der Waals surface area contributed by atoms with Crippen molar-refractivity contribution in [3.8, 4) is 11.5 Å². The number of non-ortho nitro benzene ring substituents is 1. The van der Waals surface area contributed by atoms with Gasteiger partial charge in [-0.25, -0.2) is 0 Å². The van der Waals surface area contributed by atoms with Gasteiger partial charge in [0.15, 0.2) is 11.5 Å². The predicted octanol–water partition coefficient (Wildman–Crippen LogP) is 4.83. The highest BCUT2D eigenvalue weighted by Gasteiger charge is 2.14. The van der Waals surface area contributed by atoms with Crippen molar-refractivity contribution in [2.45, 2.75) is 26.0 Å². The number of benzene rings is 2. The van der Waals surface area contributed by atoms with Gasteiger partial charge in [0.05, 0.1) is 23.9 Å². The lowest BCUT2D eigenvalue weighted by molar-refractivity contribution is -0.384. The Hall–Kier alpha value is -2.74. The highest BCUT2D eigenvalue weighted by Crippen LogP contribution is 2.32. The lowest BCUT2D eigenvalue weighted by atomic mass is 10.1. The molecule has 0 aliphatic heterocycles. The van der Waals surface area contributed by atoms with Crippen LogP contribution in [0.15, 0.2) is 42.5 Å². The van der Waals surface area contributed by atoms with Gasteiger partial charge in [-0.15, -0.1) is 11.8 Å². The van der Waals surface area contributed by atoms with E-state index >= 15 is 0 Å². The maximum absolute atomic E-state index is 12.3. The summed E-state index contributed by atoms with van der Waals surface area (Å²) in [5, 5.41) is 13.7. The number of amides is 1. The maximum Gasteiger partial charge on any atom is 0.269 e. The molecule has 0 aliphatic carbocycles. The van der Waals surface area contributed by atoms with Crippen LogP contribution in [0.3, 0.4) is 0 Å². The van der Waals surface area contributed by atoms with E-state index < -0.39 is 4.92 Å². The number of nitro groups is 1. The molecule has 0 radical (unpaired) electrons. The summed E-state index contributed by atoms with van der Waals surface area (Å²) in [6.07, 6.45) is 0. The van der Waals surface area contributed by atoms with Gasteiger partial charge in [0.1, 0.15) is 0 Å². The molecule has 150 valence electrons. The first-order valence-corrected chi connectivity index (χ1v) is 10.0. The Labute approximate surface area is 168 Å². The van der Waals surface area contributed by atoms with Gasteiger partial charge in [-0.2, -0.15) is 0 Å². The van der Waals surface area contributed by atoms with Crippen LogP contribution in [0.25, 0.3) is 0 Å². The van der Waals surface area contributed by atoms with E-state index in [-0.39, 0.29) is 22.6 Å². The van der Waals surface area contributed by atoms with Crippen LogP contribution in [0.2, 0.25) is 0 Å². The Kier molecular flexibility index (Phi) is 8.13. The first kappa shape index (κ1) is 21.6. The number of carbonyl (C=O) groups is 1. The van der Waals surface area contributed by atoms with Crippen LogP contribution < -0.4 is 14.8 Å². The molecule has 1 N–H and O–H groups in total. The minimum Gasteiger partial charge on any atom is -0.490 e. The summed E-state index contributed by atoms with van der Waals surface area (Å²) in [6, 6.07) is 11.7. The minimum absolute atomic E-state index is 0.0484. The normalized spacial score (nSPS) is 11.5. The fourth-order valence-electron chi connectivity index (χ4n) is 2.51. The van der Waals surface area contributed by atoms with Crippen molar-refractivity contribution in [3.63, 3.8) is 0 Å². The van der Waals surface area contributed by atoms with E-state index in [1.807, 2.05) is 26.8 Å². The third kappa shape index (κ3) is 6.16. The van der Waals surface area contributed by atoms with Crippen molar-refractivity contribution in [3.05, 3.63) is 58.1 Å². The van der Waals surface area contributed by atoms with Gasteiger partial charge >= 0.3 is 0 Å². The summed E-state index contributed by atoms with van der Waals surface area (Å²) in [7, 11) is 0. The van der Waals surface area contributed by atoms with Crippen molar-refractivity contribution in [1.29, 1.82) is 0 Å². The van der Waals surface area contributed by atoms with Gasteiger partial charge in [-0.05, 0) is 38.5 Å². The van der Waals surface area contributed by atoms with E-state index in [2.05, 4.69) is 5.32 Å². The molecule has 0 saturated carbocycles. The van der Waals surface area contributed by atoms with Crippen molar-refractivity contribution in [2.24, 2.45) is 0 Å². The maximum atomic E-state index is 12.3. The zero-order valence-corrected chi connectivity index (χ0v) is 17.0. The SMILES string of the molecule is CCOc1ccc(NC(=O)CS[C@H](C)c2cccc([N+](=O)[O-])c2)cc1OCC. The van der Waals surface area contributed by atoms with Crippen molar-refractivity contribution in [1.82, 2.24) is 0 Å². The highest BCUT2D eigenvalue weighted by molar-refractivity contribution is 8.00. The fraction of sp³-hybridized carbons (Fsp3) is 0.350. The molecule has 2 aromatic rings. The highest BCUT2D eigenvalue weighted by atomic mass is 32.2. The monoisotopic (exact) mass is 404 g/mol. The smallest absolute Gasteiger partial charge is 0.269 e. The summed E-state index contributed by atoms with van der Waals surface area (Å²) in [4.78, 5) is 22.8. The van der Waals surface area contributed by atoms with Gasteiger partial charge < -0.3 is 14.8 Å². The summed E-state index contributed by atoms with van der Waals surface area (Å²) < 4.78 is 11.1. The lowest BCUT2D eigenvalue weighted by Crippen LogP contribution is -2.15. The van der Waals surface area contributed by atoms with E-state index in [9.17, 15) is 14.9 Å². The second kappa shape index (κ2) is 10.6. The molecule has 0 fully saturated rings. The van der Waals surface area contributed by atoms with Gasteiger partial charge in [0, 0.05) is 29.1 Å². The van der Waals surface area contributed by atoms with E-state index in [0.717, 1.165) is 5.56 Å². The first-order valence-electron chi connectivity index (χ1n) is 9.00. The fourth-order valence-corrected chi connectivity index (χ4v) is 3.33. The van der Waals surface area contributed by atoms with Crippen LogP contribution in [-0.2, 0) is 4.79 Å². The number of carbonyl (C=O) groups excluding carboxylic acids is 1. The summed E-state index contributed by atoms with van der Waals surface area (Å²) in [5.41, 5.74) is 1.49. The summed E-state index contributed by atoms with van der Waals surface area (Å²) >= 11 is 1.41. The molecule has 0 aliphatic rings. The van der Waals surface area contributed by atoms with Crippen LogP contribution in [0.4, 0.5) is 11.4 Å². The average Bonchev–Trinajstić information content (AvgIpc) is 2.68. The second-order valence-corrected chi connectivity index (χ2v) is 7.21. The number of anilines is 1. The quantitative estimate of drug-likeness (QED) is 0.451. The van der Waals surface area contributed by atoms with E-state index in [4.69, 9.17) is 9.47 Å². The molecule has 28 heavy (non-hydrogen) atoms. The Morgan fingerprint density at radius 1 is 1.14 bits per heavy atom. The molecule has 0 heterocycles. The molecular weight excluding hydrogens is 380 g/mol. The van der Waals surface area contributed by atoms with Crippen LogP contribution in [0.1, 0.15) is 31.6 Å². The van der Waals surface area contributed by atoms with Gasteiger partial charge in [0.2, 0.25) is 5.91 Å². The van der Waals surface area contributed by atoms with Gasteiger partial charge in [0.25, 0.3) is 5.69 Å². The molecule has 2 aromatic carbocycles. The van der Waals surface area contributed by atoms with Crippen molar-refractivity contribution in [2.75, 3.05) is 24.3 Å². The molecule has 1 atom stereocenters.